The number of aryl methyl sites for hydroxylation is 1. The lowest BCUT2D eigenvalue weighted by Gasteiger charge is -2.24. The summed E-state index contributed by atoms with van der Waals surface area (Å²) in [5.74, 6) is 0.803. The molecule has 0 bridgehead atoms. The third kappa shape index (κ3) is 4.54. The van der Waals surface area contributed by atoms with Crippen molar-refractivity contribution in [1.29, 1.82) is 0 Å². The molecule has 34 heavy (non-hydrogen) atoms. The molecule has 1 N–H and O–H groups in total. The normalized spacial score (nSPS) is 15.6. The first kappa shape index (κ1) is 22.1. The van der Waals surface area contributed by atoms with Gasteiger partial charge < -0.3 is 10.2 Å². The minimum Gasteiger partial charge on any atom is -0.329 e. The number of nitrogens with zero attached hydrogens (tertiary/aromatic N) is 6. The lowest BCUT2D eigenvalue weighted by atomic mass is 10.1. The fourth-order valence-corrected chi connectivity index (χ4v) is 4.52. The molecule has 0 aliphatic carbocycles. The third-order valence-corrected chi connectivity index (χ3v) is 6.32. The number of halogens is 1. The molecule has 4 heterocycles. The molecular weight excluding hydrogens is 498 g/mol. The highest BCUT2D eigenvalue weighted by molar-refractivity contribution is 9.10. The fraction of sp³-hybridized carbons (Fsp3) is 0.250. The number of pyridine rings is 1. The van der Waals surface area contributed by atoms with Gasteiger partial charge in [0.15, 0.2) is 0 Å². The van der Waals surface area contributed by atoms with E-state index in [1.54, 1.807) is 46.4 Å². The molecule has 1 atom stereocenters. The molecule has 172 valence electrons. The van der Waals surface area contributed by atoms with Crippen molar-refractivity contribution in [2.45, 2.75) is 32.4 Å². The summed E-state index contributed by atoms with van der Waals surface area (Å²) in [6, 6.07) is 10.7. The van der Waals surface area contributed by atoms with Crippen molar-refractivity contribution in [1.82, 2.24) is 29.6 Å². The number of carbonyl (C=O) groups excluding carboxylic acids is 2. The molecule has 2 amide bonds. The Bertz CT molecular complexity index is 1370. The van der Waals surface area contributed by atoms with Crippen molar-refractivity contribution in [3.8, 4) is 11.1 Å². The maximum atomic E-state index is 13.1. The Labute approximate surface area is 204 Å². The Morgan fingerprint density at radius 2 is 1.94 bits per heavy atom. The van der Waals surface area contributed by atoms with Crippen LogP contribution in [0.25, 0.3) is 22.0 Å². The van der Waals surface area contributed by atoms with Crippen LogP contribution in [0.3, 0.4) is 0 Å². The van der Waals surface area contributed by atoms with Gasteiger partial charge in [-0.15, -0.1) is 0 Å². The number of anilines is 1. The highest BCUT2D eigenvalue weighted by Crippen LogP contribution is 2.25. The maximum absolute atomic E-state index is 13.1. The zero-order valence-electron chi connectivity index (χ0n) is 18.5. The third-order valence-electron chi connectivity index (χ3n) is 5.88. The zero-order valence-corrected chi connectivity index (χ0v) is 20.1. The van der Waals surface area contributed by atoms with Crippen molar-refractivity contribution in [3.63, 3.8) is 0 Å². The van der Waals surface area contributed by atoms with E-state index in [9.17, 15) is 9.59 Å². The van der Waals surface area contributed by atoms with E-state index in [-0.39, 0.29) is 18.4 Å². The molecule has 1 fully saturated rings. The Kier molecular flexibility index (Phi) is 6.06. The van der Waals surface area contributed by atoms with Gasteiger partial charge in [0.1, 0.15) is 28.8 Å². The van der Waals surface area contributed by atoms with Gasteiger partial charge in [-0.1, -0.05) is 12.1 Å². The predicted molar refractivity (Wildman–Crippen MR) is 131 cm³/mol. The topological polar surface area (TPSA) is 106 Å². The van der Waals surface area contributed by atoms with Gasteiger partial charge in [0.05, 0.1) is 11.7 Å². The Hall–Kier alpha value is -3.66. The van der Waals surface area contributed by atoms with Gasteiger partial charge >= 0.3 is 0 Å². The van der Waals surface area contributed by atoms with Crippen LogP contribution in [0.2, 0.25) is 0 Å². The summed E-state index contributed by atoms with van der Waals surface area (Å²) in [4.78, 5) is 40.4. The van der Waals surface area contributed by atoms with Crippen molar-refractivity contribution in [2.24, 2.45) is 0 Å². The summed E-state index contributed by atoms with van der Waals surface area (Å²) in [5, 5.41) is 8.16. The number of fused-ring (bicyclic) bond motifs is 1. The van der Waals surface area contributed by atoms with Gasteiger partial charge in [-0.3, -0.25) is 14.3 Å². The number of hydrogen-bond acceptors (Lipinski definition) is 6. The zero-order chi connectivity index (χ0) is 23.7. The van der Waals surface area contributed by atoms with Crippen molar-refractivity contribution < 1.29 is 9.59 Å². The van der Waals surface area contributed by atoms with Gasteiger partial charge in [0.25, 0.3) is 0 Å². The highest BCUT2D eigenvalue weighted by Gasteiger charge is 2.34. The summed E-state index contributed by atoms with van der Waals surface area (Å²) in [5.41, 5.74) is 2.75. The van der Waals surface area contributed by atoms with E-state index < -0.39 is 6.04 Å². The van der Waals surface area contributed by atoms with Crippen LogP contribution in [0.5, 0.6) is 0 Å². The molecule has 0 spiro atoms. The van der Waals surface area contributed by atoms with Crippen LogP contribution in [0.15, 0.2) is 59.6 Å². The number of hydrogen-bond donors (Lipinski definition) is 1. The van der Waals surface area contributed by atoms with E-state index in [1.807, 2.05) is 25.1 Å². The van der Waals surface area contributed by atoms with Crippen LogP contribution in [0, 0.1) is 6.92 Å². The number of benzene rings is 1. The van der Waals surface area contributed by atoms with Crippen molar-refractivity contribution >= 4 is 44.5 Å². The SMILES string of the molecule is Cc1ncc(-c2ccc3c(cnn3CC(=O)N3CCCC3C(=O)Nc3cccc(Br)n3)c2)cn1. The van der Waals surface area contributed by atoms with E-state index in [1.165, 1.54) is 0 Å². The molecule has 5 rings (SSSR count). The first-order valence-corrected chi connectivity index (χ1v) is 11.7. The van der Waals surface area contributed by atoms with Crippen LogP contribution in [-0.2, 0) is 16.1 Å². The van der Waals surface area contributed by atoms with Crippen molar-refractivity contribution in [3.05, 3.63) is 65.4 Å². The average molecular weight is 520 g/mol. The van der Waals surface area contributed by atoms with Crippen molar-refractivity contribution in [2.75, 3.05) is 11.9 Å². The van der Waals surface area contributed by atoms with E-state index in [4.69, 9.17) is 0 Å². The molecule has 1 aromatic carbocycles. The van der Waals surface area contributed by atoms with E-state index in [2.05, 4.69) is 41.3 Å². The van der Waals surface area contributed by atoms with Gasteiger partial charge in [0, 0.05) is 29.9 Å². The molecular formula is C24H22BrN7O2. The largest absolute Gasteiger partial charge is 0.329 e. The van der Waals surface area contributed by atoms with Crippen LogP contribution < -0.4 is 5.32 Å². The average Bonchev–Trinajstić information content (AvgIpc) is 3.47. The number of rotatable bonds is 5. The Balaban J connectivity index is 1.30. The van der Waals surface area contributed by atoms with Gasteiger partial charge in [-0.25, -0.2) is 15.0 Å². The number of carbonyl (C=O) groups is 2. The number of likely N-dealkylation sites (tertiary alicyclic amines) is 1. The molecule has 3 aromatic heterocycles. The number of aromatic nitrogens is 5. The molecule has 0 saturated carbocycles. The van der Waals surface area contributed by atoms with E-state index >= 15 is 0 Å². The molecule has 1 saturated heterocycles. The second-order valence-electron chi connectivity index (χ2n) is 8.17. The molecule has 1 aliphatic rings. The molecule has 0 radical (unpaired) electrons. The minimum absolute atomic E-state index is 0.0649. The minimum atomic E-state index is -0.525. The first-order valence-electron chi connectivity index (χ1n) is 11.0. The molecule has 4 aromatic rings. The van der Waals surface area contributed by atoms with Gasteiger partial charge in [-0.05, 0) is 65.5 Å². The molecule has 9 nitrogen and oxygen atoms in total. The summed E-state index contributed by atoms with van der Waals surface area (Å²) in [6.45, 7) is 2.45. The summed E-state index contributed by atoms with van der Waals surface area (Å²) < 4.78 is 2.31. The van der Waals surface area contributed by atoms with Gasteiger partial charge in [0.2, 0.25) is 11.8 Å². The molecule has 10 heteroatoms. The number of nitrogens with one attached hydrogen (secondary N) is 1. The maximum Gasteiger partial charge on any atom is 0.248 e. The lowest BCUT2D eigenvalue weighted by molar-refractivity contribution is -0.137. The van der Waals surface area contributed by atoms with E-state index in [0.29, 0.717) is 23.4 Å². The lowest BCUT2D eigenvalue weighted by Crippen LogP contribution is -2.44. The number of amides is 2. The fourth-order valence-electron chi connectivity index (χ4n) is 4.18. The van der Waals surface area contributed by atoms with Crippen LogP contribution in [0.1, 0.15) is 18.7 Å². The molecule has 1 unspecified atom stereocenters. The van der Waals surface area contributed by atoms with Gasteiger partial charge in [-0.2, -0.15) is 5.10 Å². The summed E-state index contributed by atoms with van der Waals surface area (Å²) in [7, 11) is 0. The van der Waals surface area contributed by atoms with E-state index in [0.717, 1.165) is 34.3 Å². The predicted octanol–water partition coefficient (Wildman–Crippen LogP) is 3.59. The van der Waals surface area contributed by atoms with Crippen LogP contribution in [0.4, 0.5) is 5.82 Å². The first-order chi connectivity index (χ1) is 16.5. The monoisotopic (exact) mass is 519 g/mol. The Morgan fingerprint density at radius 3 is 2.74 bits per heavy atom. The summed E-state index contributed by atoms with van der Waals surface area (Å²) in [6.07, 6.45) is 6.72. The summed E-state index contributed by atoms with van der Waals surface area (Å²) >= 11 is 3.30. The quantitative estimate of drug-likeness (QED) is 0.404. The van der Waals surface area contributed by atoms with Crippen LogP contribution >= 0.6 is 15.9 Å². The van der Waals surface area contributed by atoms with Crippen LogP contribution in [-0.4, -0.2) is 54.0 Å². The standard InChI is InChI=1S/C24H22BrN7O2/c1-15-26-11-18(12-27-15)16-7-8-19-17(10-16)13-28-32(19)14-23(33)31-9-3-4-20(31)24(34)30-22-6-2-5-21(25)29-22/h2,5-8,10-13,20H,3-4,9,14H2,1H3,(H,29,30,34). The Morgan fingerprint density at radius 1 is 1.12 bits per heavy atom. The second-order valence-corrected chi connectivity index (χ2v) is 8.99. The molecule has 1 aliphatic heterocycles. The highest BCUT2D eigenvalue weighted by atomic mass is 79.9. The second kappa shape index (κ2) is 9.30. The smallest absolute Gasteiger partial charge is 0.248 e.